The number of nitrogens with zero attached hydrogens (tertiary/aromatic N) is 1. The van der Waals surface area contributed by atoms with Crippen molar-refractivity contribution in [3.63, 3.8) is 0 Å². The van der Waals surface area contributed by atoms with E-state index in [4.69, 9.17) is 16.3 Å². The zero-order chi connectivity index (χ0) is 21.8. The average molecular weight is 454 g/mol. The van der Waals surface area contributed by atoms with Crippen LogP contribution in [-0.2, 0) is 17.9 Å². The summed E-state index contributed by atoms with van der Waals surface area (Å²) in [5.41, 5.74) is 1.85. The Morgan fingerprint density at radius 3 is 2.55 bits per heavy atom. The van der Waals surface area contributed by atoms with Crippen molar-refractivity contribution in [2.75, 3.05) is 0 Å². The van der Waals surface area contributed by atoms with E-state index in [0.717, 1.165) is 17.3 Å². The van der Waals surface area contributed by atoms with Gasteiger partial charge in [-0.3, -0.25) is 14.5 Å². The summed E-state index contributed by atoms with van der Waals surface area (Å²) in [4.78, 5) is 26.6. The molecule has 0 aliphatic carbocycles. The topological polar surface area (TPSA) is 46.6 Å². The molecule has 1 aliphatic rings. The van der Waals surface area contributed by atoms with Crippen LogP contribution in [0.25, 0.3) is 6.08 Å². The molecule has 4 rings (SSSR count). The summed E-state index contributed by atoms with van der Waals surface area (Å²) in [6.07, 6.45) is 1.65. The molecule has 0 bridgehead atoms. The SMILES string of the molecule is O=C1S/C(=C/c2cccc(OCc3c(F)cccc3Cl)c2)C(=O)N1Cc1ccccc1. The van der Waals surface area contributed by atoms with Crippen molar-refractivity contribution in [3.8, 4) is 5.75 Å². The summed E-state index contributed by atoms with van der Waals surface area (Å²) in [5.74, 6) is -0.268. The van der Waals surface area contributed by atoms with Gasteiger partial charge in [-0.2, -0.15) is 0 Å². The highest BCUT2D eigenvalue weighted by Crippen LogP contribution is 2.33. The first-order valence-corrected chi connectivity index (χ1v) is 10.7. The molecule has 0 saturated carbocycles. The molecule has 0 aromatic heterocycles. The molecule has 0 N–H and O–H groups in total. The number of hydrogen-bond acceptors (Lipinski definition) is 4. The molecule has 0 atom stereocenters. The van der Waals surface area contributed by atoms with Gasteiger partial charge in [-0.1, -0.05) is 60.1 Å². The van der Waals surface area contributed by atoms with E-state index in [2.05, 4.69) is 0 Å². The second kappa shape index (κ2) is 9.37. The van der Waals surface area contributed by atoms with Gasteiger partial charge in [0.15, 0.2) is 0 Å². The number of halogens is 2. The largest absolute Gasteiger partial charge is 0.489 e. The number of ether oxygens (including phenoxy) is 1. The molecule has 1 heterocycles. The Labute approximate surface area is 188 Å². The summed E-state index contributed by atoms with van der Waals surface area (Å²) in [5, 5.41) is -0.00931. The number of carbonyl (C=O) groups excluding carboxylic acids is 2. The van der Waals surface area contributed by atoms with E-state index >= 15 is 0 Å². The number of thioether (sulfide) groups is 1. The van der Waals surface area contributed by atoms with Crippen molar-refractivity contribution < 1.29 is 18.7 Å². The van der Waals surface area contributed by atoms with Gasteiger partial charge in [-0.05, 0) is 53.2 Å². The predicted molar refractivity (Wildman–Crippen MR) is 120 cm³/mol. The third-order valence-corrected chi connectivity index (χ3v) is 5.92. The van der Waals surface area contributed by atoms with E-state index in [9.17, 15) is 14.0 Å². The highest BCUT2D eigenvalue weighted by atomic mass is 35.5. The standard InChI is InChI=1S/C24H17ClFNO3S/c25-20-10-5-11-21(26)19(20)15-30-18-9-4-8-17(12-18)13-22-23(28)27(24(29)31-22)14-16-6-2-1-3-7-16/h1-13H,14-15H2/b22-13+. The maximum Gasteiger partial charge on any atom is 0.293 e. The molecule has 1 aliphatic heterocycles. The maximum atomic E-state index is 13.9. The number of benzene rings is 3. The van der Waals surface area contributed by atoms with Crippen LogP contribution in [0.1, 0.15) is 16.7 Å². The number of rotatable bonds is 6. The van der Waals surface area contributed by atoms with E-state index in [1.165, 1.54) is 17.0 Å². The van der Waals surface area contributed by atoms with Gasteiger partial charge < -0.3 is 4.74 Å². The molecule has 4 nitrogen and oxygen atoms in total. The Hall–Kier alpha value is -3.09. The number of carbonyl (C=O) groups is 2. The molecule has 7 heteroatoms. The summed E-state index contributed by atoms with van der Waals surface area (Å²) < 4.78 is 19.6. The van der Waals surface area contributed by atoms with Gasteiger partial charge in [0.25, 0.3) is 11.1 Å². The zero-order valence-electron chi connectivity index (χ0n) is 16.3. The first kappa shape index (κ1) is 21.2. The molecule has 0 unspecified atom stereocenters. The molecule has 0 spiro atoms. The molecule has 1 saturated heterocycles. The van der Waals surface area contributed by atoms with Gasteiger partial charge in [0.05, 0.1) is 16.5 Å². The predicted octanol–water partition coefficient (Wildman–Crippen LogP) is 6.29. The minimum Gasteiger partial charge on any atom is -0.489 e. The molecule has 3 aromatic rings. The second-order valence-electron chi connectivity index (χ2n) is 6.81. The van der Waals surface area contributed by atoms with Gasteiger partial charge in [0.1, 0.15) is 18.2 Å². The van der Waals surface area contributed by atoms with Crippen LogP contribution in [0.4, 0.5) is 9.18 Å². The zero-order valence-corrected chi connectivity index (χ0v) is 17.8. The fourth-order valence-corrected chi connectivity index (χ4v) is 4.13. The molecule has 156 valence electrons. The number of imide groups is 1. The lowest BCUT2D eigenvalue weighted by molar-refractivity contribution is -0.123. The summed E-state index contributed by atoms with van der Waals surface area (Å²) in [6.45, 7) is 0.206. The Bertz CT molecular complexity index is 1150. The number of amides is 2. The summed E-state index contributed by atoms with van der Waals surface area (Å²) >= 11 is 6.94. The third kappa shape index (κ3) is 4.98. The fourth-order valence-electron chi connectivity index (χ4n) is 3.07. The Balaban J connectivity index is 1.48. The van der Waals surface area contributed by atoms with Crippen molar-refractivity contribution in [2.45, 2.75) is 13.2 Å². The normalized spacial score (nSPS) is 15.0. The van der Waals surface area contributed by atoms with Crippen LogP contribution in [0.2, 0.25) is 5.02 Å². The highest BCUT2D eigenvalue weighted by Gasteiger charge is 2.34. The van der Waals surface area contributed by atoms with E-state index in [1.54, 1.807) is 36.4 Å². The van der Waals surface area contributed by atoms with Crippen LogP contribution in [0.3, 0.4) is 0 Å². The molecule has 3 aromatic carbocycles. The summed E-state index contributed by atoms with van der Waals surface area (Å²) in [6, 6.07) is 20.8. The molecular weight excluding hydrogens is 437 g/mol. The summed E-state index contributed by atoms with van der Waals surface area (Å²) in [7, 11) is 0. The molecular formula is C24H17ClFNO3S. The van der Waals surface area contributed by atoms with Crippen LogP contribution in [-0.4, -0.2) is 16.0 Å². The first-order valence-electron chi connectivity index (χ1n) is 9.46. The van der Waals surface area contributed by atoms with Crippen LogP contribution in [0, 0.1) is 5.82 Å². The van der Waals surface area contributed by atoms with Gasteiger partial charge in [-0.15, -0.1) is 0 Å². The third-order valence-electron chi connectivity index (χ3n) is 4.66. The van der Waals surface area contributed by atoms with E-state index in [0.29, 0.717) is 21.2 Å². The lowest BCUT2D eigenvalue weighted by Crippen LogP contribution is -2.27. The van der Waals surface area contributed by atoms with E-state index < -0.39 is 5.82 Å². The van der Waals surface area contributed by atoms with Gasteiger partial charge in [0, 0.05) is 5.56 Å². The van der Waals surface area contributed by atoms with Crippen LogP contribution >= 0.6 is 23.4 Å². The molecule has 1 fully saturated rings. The monoisotopic (exact) mass is 453 g/mol. The van der Waals surface area contributed by atoms with E-state index in [1.807, 2.05) is 30.3 Å². The average Bonchev–Trinajstić information content (AvgIpc) is 3.02. The van der Waals surface area contributed by atoms with Crippen molar-refractivity contribution in [2.24, 2.45) is 0 Å². The van der Waals surface area contributed by atoms with Crippen molar-refractivity contribution >= 4 is 40.6 Å². The van der Waals surface area contributed by atoms with Crippen LogP contribution in [0.15, 0.2) is 77.7 Å². The van der Waals surface area contributed by atoms with Gasteiger partial charge >= 0.3 is 0 Å². The lowest BCUT2D eigenvalue weighted by atomic mass is 10.2. The number of hydrogen-bond donors (Lipinski definition) is 0. The Morgan fingerprint density at radius 2 is 1.77 bits per heavy atom. The van der Waals surface area contributed by atoms with Crippen molar-refractivity contribution in [3.05, 3.63) is 105 Å². The lowest BCUT2D eigenvalue weighted by Gasteiger charge is -2.12. The van der Waals surface area contributed by atoms with Gasteiger partial charge in [0.2, 0.25) is 0 Å². The smallest absolute Gasteiger partial charge is 0.293 e. The van der Waals surface area contributed by atoms with Crippen LogP contribution in [0.5, 0.6) is 5.75 Å². The van der Waals surface area contributed by atoms with Crippen molar-refractivity contribution in [1.82, 2.24) is 4.90 Å². The Kier molecular flexibility index (Phi) is 6.39. The van der Waals surface area contributed by atoms with Crippen LogP contribution < -0.4 is 4.74 Å². The minimum atomic E-state index is -0.434. The highest BCUT2D eigenvalue weighted by molar-refractivity contribution is 8.18. The first-order chi connectivity index (χ1) is 15.0. The molecule has 31 heavy (non-hydrogen) atoms. The Morgan fingerprint density at radius 1 is 1.00 bits per heavy atom. The maximum absolute atomic E-state index is 13.9. The van der Waals surface area contributed by atoms with Gasteiger partial charge in [-0.25, -0.2) is 4.39 Å². The minimum absolute atomic E-state index is 0.0252. The van der Waals surface area contributed by atoms with Crippen molar-refractivity contribution in [1.29, 1.82) is 0 Å². The van der Waals surface area contributed by atoms with E-state index in [-0.39, 0.29) is 29.9 Å². The quantitative estimate of drug-likeness (QED) is 0.411. The second-order valence-corrected chi connectivity index (χ2v) is 8.22. The fraction of sp³-hybridized carbons (Fsp3) is 0.0833. The molecule has 2 amide bonds. The molecule has 0 radical (unpaired) electrons.